The number of carbonyl (C=O) groups excluding carboxylic acids is 2. The molecule has 4 N–H and O–H groups in total. The molecular formula is C32H54N4O6S2. The summed E-state index contributed by atoms with van der Waals surface area (Å²) in [6, 6.07) is 8.28. The lowest BCUT2D eigenvalue weighted by Crippen LogP contribution is -2.36. The van der Waals surface area contributed by atoms with Gasteiger partial charge >= 0.3 is 6.03 Å². The molecule has 0 aliphatic rings. The van der Waals surface area contributed by atoms with Crippen molar-refractivity contribution in [1.82, 2.24) is 21.3 Å². The second-order valence-electron chi connectivity index (χ2n) is 10.5. The predicted octanol–water partition coefficient (Wildman–Crippen LogP) is 4.23. The number of hydrogen-bond donors (Lipinski definition) is 4. The molecule has 0 aromatic heterocycles. The molecule has 3 amide bonds. The van der Waals surface area contributed by atoms with E-state index in [-0.39, 0.29) is 17.4 Å². The van der Waals surface area contributed by atoms with E-state index in [1.165, 1.54) is 0 Å². The highest BCUT2D eigenvalue weighted by Gasteiger charge is 2.07. The Morgan fingerprint density at radius 3 is 2.09 bits per heavy atom. The maximum Gasteiger partial charge on any atom is 0.315 e. The summed E-state index contributed by atoms with van der Waals surface area (Å²) in [5, 5.41) is 11.7. The molecule has 0 heterocycles. The van der Waals surface area contributed by atoms with Crippen molar-refractivity contribution in [3.63, 3.8) is 0 Å². The van der Waals surface area contributed by atoms with Gasteiger partial charge in [-0.3, -0.25) is 4.79 Å². The van der Waals surface area contributed by atoms with Crippen molar-refractivity contribution in [2.24, 2.45) is 5.92 Å². The van der Waals surface area contributed by atoms with Crippen molar-refractivity contribution < 1.29 is 28.5 Å². The van der Waals surface area contributed by atoms with Crippen LogP contribution in [0.3, 0.4) is 0 Å². The Balaban J connectivity index is 2.00. The monoisotopic (exact) mass is 654 g/mol. The highest BCUT2D eigenvalue weighted by Crippen LogP contribution is 2.34. The van der Waals surface area contributed by atoms with Crippen LogP contribution in [0.5, 0.6) is 0 Å². The van der Waals surface area contributed by atoms with E-state index in [1.54, 1.807) is 21.6 Å². The van der Waals surface area contributed by atoms with E-state index in [1.807, 2.05) is 45.0 Å². The Bertz CT molecular complexity index is 941. The Kier molecular flexibility index (Phi) is 24.9. The first-order valence-corrected chi connectivity index (χ1v) is 17.7. The van der Waals surface area contributed by atoms with Crippen LogP contribution in [-0.2, 0) is 30.2 Å². The molecule has 250 valence electrons. The minimum atomic E-state index is -0.193. The lowest BCUT2D eigenvalue weighted by Gasteiger charge is -2.12. The summed E-state index contributed by atoms with van der Waals surface area (Å²) in [5.41, 5.74) is 0.995. The summed E-state index contributed by atoms with van der Waals surface area (Å²) in [6.07, 6.45) is 2.05. The molecule has 10 nitrogen and oxygen atoms in total. The fourth-order valence-corrected chi connectivity index (χ4v) is 5.29. The summed E-state index contributed by atoms with van der Waals surface area (Å²) in [4.78, 5) is 25.0. The zero-order valence-corrected chi connectivity index (χ0v) is 28.8. The molecular weight excluding hydrogens is 601 g/mol. The van der Waals surface area contributed by atoms with Crippen LogP contribution in [0.25, 0.3) is 0 Å². The number of hydrogen-bond acceptors (Lipinski definition) is 9. The summed E-state index contributed by atoms with van der Waals surface area (Å²) < 4.78 is 22.3. The van der Waals surface area contributed by atoms with Crippen molar-refractivity contribution in [3.8, 4) is 11.8 Å². The van der Waals surface area contributed by atoms with Gasteiger partial charge in [-0.25, -0.2) is 4.79 Å². The van der Waals surface area contributed by atoms with E-state index in [0.29, 0.717) is 84.3 Å². The van der Waals surface area contributed by atoms with Gasteiger partial charge in [0.25, 0.3) is 0 Å². The molecule has 0 spiro atoms. The molecule has 44 heavy (non-hydrogen) atoms. The van der Waals surface area contributed by atoms with Crippen molar-refractivity contribution in [2.75, 3.05) is 72.4 Å². The average Bonchev–Trinajstić information content (AvgIpc) is 2.98. The Labute approximate surface area is 273 Å². The molecule has 0 bridgehead atoms. The number of urea groups is 1. The molecule has 1 aromatic carbocycles. The van der Waals surface area contributed by atoms with Gasteiger partial charge in [0.2, 0.25) is 5.91 Å². The fourth-order valence-electron chi connectivity index (χ4n) is 3.41. The molecule has 0 fully saturated rings. The normalized spacial score (nSPS) is 11.7. The number of benzene rings is 1. The Morgan fingerprint density at radius 1 is 0.773 bits per heavy atom. The van der Waals surface area contributed by atoms with E-state index < -0.39 is 0 Å². The van der Waals surface area contributed by atoms with Gasteiger partial charge in [-0.15, -0.1) is 0 Å². The second-order valence-corrected chi connectivity index (χ2v) is 13.1. The summed E-state index contributed by atoms with van der Waals surface area (Å²) >= 11 is 0. The van der Waals surface area contributed by atoms with E-state index in [4.69, 9.17) is 18.9 Å². The predicted molar refractivity (Wildman–Crippen MR) is 181 cm³/mol. The lowest BCUT2D eigenvalue weighted by molar-refractivity contribution is -0.120. The van der Waals surface area contributed by atoms with Crippen molar-refractivity contribution in [1.29, 1.82) is 0 Å². The molecule has 1 aromatic rings. The van der Waals surface area contributed by atoms with Crippen LogP contribution in [0.1, 0.15) is 53.0 Å². The van der Waals surface area contributed by atoms with Gasteiger partial charge in [0.1, 0.15) is 5.44 Å². The first-order chi connectivity index (χ1) is 21.3. The fraction of sp³-hybridized carbons (Fsp3) is 0.688. The van der Waals surface area contributed by atoms with Gasteiger partial charge < -0.3 is 40.2 Å². The van der Waals surface area contributed by atoms with Gasteiger partial charge in [0.15, 0.2) is 0 Å². The molecule has 0 aliphatic heterocycles. The largest absolute Gasteiger partial charge is 0.378 e. The Hall–Kier alpha value is -1.98. The zero-order chi connectivity index (χ0) is 32.3. The van der Waals surface area contributed by atoms with E-state index >= 15 is 0 Å². The van der Waals surface area contributed by atoms with E-state index in [0.717, 1.165) is 29.8 Å². The second kappa shape index (κ2) is 27.3. The first kappa shape index (κ1) is 40.0. The van der Waals surface area contributed by atoms with Crippen LogP contribution in [0.15, 0.2) is 29.2 Å². The molecule has 12 heteroatoms. The van der Waals surface area contributed by atoms with Gasteiger partial charge in [-0.05, 0) is 37.5 Å². The molecule has 0 radical (unpaired) electrons. The van der Waals surface area contributed by atoms with Gasteiger partial charge in [0, 0.05) is 43.1 Å². The SMILES string of the molecule is CC(C)C#CCNC(=O)NCCCCO[C@H](C)SSc1ccc(CC(=O)NCCOCCOCCOCCNC(C)C)cc1. The van der Waals surface area contributed by atoms with Crippen molar-refractivity contribution in [2.45, 2.75) is 70.3 Å². The van der Waals surface area contributed by atoms with Crippen LogP contribution in [-0.4, -0.2) is 95.8 Å². The van der Waals surface area contributed by atoms with Crippen molar-refractivity contribution in [3.05, 3.63) is 29.8 Å². The highest BCUT2D eigenvalue weighted by atomic mass is 33.1. The standard InChI is InChI=1S/C32H54N4O6S2/c1-26(2)9-8-15-36-32(38)35-14-6-7-18-42-28(5)43-44-30-12-10-29(11-13-30)25-31(37)34-17-20-40-22-24-41-23-21-39-19-16-33-27(3)4/h10-13,26-28,33H,6-7,14-25H2,1-5H3,(H,34,37)(H2,35,36,38)/t28-/m0/s1. The number of unbranched alkanes of at least 4 members (excludes halogenated alkanes) is 1. The number of ether oxygens (including phenoxy) is 4. The van der Waals surface area contributed by atoms with Crippen LogP contribution in [0.4, 0.5) is 4.79 Å². The van der Waals surface area contributed by atoms with Crippen molar-refractivity contribution >= 4 is 33.5 Å². The quantitative estimate of drug-likeness (QED) is 0.0532. The molecule has 0 aliphatic carbocycles. The third-order valence-electron chi connectivity index (χ3n) is 5.62. The van der Waals surface area contributed by atoms with E-state index in [2.05, 4.69) is 47.0 Å². The maximum absolute atomic E-state index is 12.2. The number of nitrogens with one attached hydrogen (secondary N) is 4. The topological polar surface area (TPSA) is 119 Å². The first-order valence-electron chi connectivity index (χ1n) is 15.5. The van der Waals surface area contributed by atoms with Crippen LogP contribution in [0.2, 0.25) is 0 Å². The van der Waals surface area contributed by atoms with Gasteiger partial charge in [-0.1, -0.05) is 73.3 Å². The minimum absolute atomic E-state index is 0.0301. The third kappa shape index (κ3) is 25.4. The minimum Gasteiger partial charge on any atom is -0.378 e. The van der Waals surface area contributed by atoms with E-state index in [9.17, 15) is 9.59 Å². The maximum atomic E-state index is 12.2. The van der Waals surface area contributed by atoms with Gasteiger partial charge in [0.05, 0.1) is 52.6 Å². The smallest absolute Gasteiger partial charge is 0.315 e. The van der Waals surface area contributed by atoms with Gasteiger partial charge in [-0.2, -0.15) is 0 Å². The average molecular weight is 655 g/mol. The van der Waals surface area contributed by atoms with Crippen LogP contribution >= 0.6 is 21.6 Å². The number of rotatable bonds is 25. The molecule has 0 saturated carbocycles. The summed E-state index contributed by atoms with van der Waals surface area (Å²) in [7, 11) is 3.30. The molecule has 1 atom stereocenters. The zero-order valence-electron chi connectivity index (χ0n) is 27.2. The summed E-state index contributed by atoms with van der Waals surface area (Å²) in [6.45, 7) is 16.4. The molecule has 1 rings (SSSR count). The van der Waals surface area contributed by atoms with Crippen LogP contribution in [0, 0.1) is 17.8 Å². The summed E-state index contributed by atoms with van der Waals surface area (Å²) in [5.74, 6) is 6.20. The molecule has 0 saturated heterocycles. The number of carbonyl (C=O) groups is 2. The molecule has 0 unspecified atom stereocenters. The highest BCUT2D eigenvalue weighted by molar-refractivity contribution is 8.76. The van der Waals surface area contributed by atoms with Crippen LogP contribution < -0.4 is 21.3 Å². The Morgan fingerprint density at radius 2 is 1.43 bits per heavy atom. The number of amides is 3. The lowest BCUT2D eigenvalue weighted by atomic mass is 10.1. The third-order valence-corrected chi connectivity index (χ3v) is 8.26.